The predicted molar refractivity (Wildman–Crippen MR) is 74.4 cm³/mol. The molecule has 1 fully saturated rings. The summed E-state index contributed by atoms with van der Waals surface area (Å²) in [4.78, 5) is 2.54. The second-order valence-electron chi connectivity index (χ2n) is 4.83. The molecule has 17 heavy (non-hydrogen) atoms. The molecule has 1 aliphatic rings. The summed E-state index contributed by atoms with van der Waals surface area (Å²) in [6.07, 6.45) is 2.75. The van der Waals surface area contributed by atoms with Crippen molar-refractivity contribution < 1.29 is 0 Å². The molecule has 3 nitrogen and oxygen atoms in total. The van der Waals surface area contributed by atoms with Gasteiger partial charge in [0.05, 0.1) is 11.4 Å². The lowest BCUT2D eigenvalue weighted by Gasteiger charge is -2.21. The highest BCUT2D eigenvalue weighted by molar-refractivity contribution is 5.69. The van der Waals surface area contributed by atoms with Gasteiger partial charge in [0.2, 0.25) is 0 Å². The number of nitrogens with two attached hydrogens (primary N) is 1. The molecule has 1 saturated carbocycles. The summed E-state index contributed by atoms with van der Waals surface area (Å²) in [5.41, 5.74) is 9.13. The van der Waals surface area contributed by atoms with E-state index in [1.165, 1.54) is 18.4 Å². The Kier molecular flexibility index (Phi) is 3.89. The van der Waals surface area contributed by atoms with Gasteiger partial charge < -0.3 is 11.1 Å². The van der Waals surface area contributed by atoms with Gasteiger partial charge in [-0.25, -0.2) is 0 Å². The van der Waals surface area contributed by atoms with Crippen LogP contribution in [0.1, 0.15) is 25.3 Å². The fourth-order valence-corrected chi connectivity index (χ4v) is 2.30. The number of para-hydroxylation sites is 1. The minimum absolute atomic E-state index is 0.844. The molecular weight excluding hydrogens is 210 g/mol. The van der Waals surface area contributed by atoms with E-state index in [9.17, 15) is 0 Å². The zero-order valence-corrected chi connectivity index (χ0v) is 10.9. The number of rotatable bonds is 6. The highest BCUT2D eigenvalue weighted by Crippen LogP contribution is 2.26. The third-order valence-corrected chi connectivity index (χ3v) is 3.48. The van der Waals surface area contributed by atoms with Crippen LogP contribution in [0.2, 0.25) is 0 Å². The van der Waals surface area contributed by atoms with E-state index in [1.807, 2.05) is 12.1 Å². The number of benzene rings is 1. The molecule has 1 aromatic carbocycles. The first kappa shape index (κ1) is 12.2. The molecule has 0 unspecified atom stereocenters. The highest BCUT2D eigenvalue weighted by Gasteiger charge is 2.27. The number of anilines is 2. The maximum absolute atomic E-state index is 5.97. The second kappa shape index (κ2) is 5.41. The fraction of sp³-hybridized carbons (Fsp3) is 0.571. The first-order valence-corrected chi connectivity index (χ1v) is 6.55. The van der Waals surface area contributed by atoms with Crippen LogP contribution >= 0.6 is 0 Å². The molecule has 0 saturated heterocycles. The van der Waals surface area contributed by atoms with Crippen molar-refractivity contribution >= 4 is 11.4 Å². The zero-order valence-electron chi connectivity index (χ0n) is 10.9. The first-order chi connectivity index (χ1) is 8.22. The lowest BCUT2D eigenvalue weighted by Crippen LogP contribution is -2.31. The molecule has 3 N–H and O–H groups in total. The molecule has 94 valence electrons. The van der Waals surface area contributed by atoms with Crippen molar-refractivity contribution in [1.82, 2.24) is 4.90 Å². The molecule has 0 atom stereocenters. The lowest BCUT2D eigenvalue weighted by atomic mass is 10.1. The smallest absolute Gasteiger partial charge is 0.0604 e. The van der Waals surface area contributed by atoms with Gasteiger partial charge in [0.1, 0.15) is 0 Å². The van der Waals surface area contributed by atoms with Crippen LogP contribution in [-0.4, -0.2) is 30.6 Å². The number of nitrogens with one attached hydrogen (secondary N) is 1. The van der Waals surface area contributed by atoms with Crippen LogP contribution in [0, 0.1) is 6.92 Å². The standard InChI is InChI=1S/C14H23N3/c1-3-17(12-7-8-12)10-9-16-14-11(2)5-4-6-13(14)15/h4-6,12,16H,3,7-10,15H2,1-2H3. The molecule has 2 rings (SSSR count). The Balaban J connectivity index is 1.85. The molecular formula is C14H23N3. The molecule has 0 spiro atoms. The van der Waals surface area contributed by atoms with Crippen molar-refractivity contribution in [2.24, 2.45) is 0 Å². The largest absolute Gasteiger partial charge is 0.397 e. The monoisotopic (exact) mass is 233 g/mol. The third kappa shape index (κ3) is 3.13. The van der Waals surface area contributed by atoms with E-state index in [4.69, 9.17) is 5.73 Å². The number of nitrogens with zero attached hydrogens (tertiary/aromatic N) is 1. The number of likely N-dealkylation sites (N-methyl/N-ethyl adjacent to an activating group) is 1. The summed E-state index contributed by atoms with van der Waals surface area (Å²) in [6, 6.07) is 6.89. The Morgan fingerprint density at radius 3 is 2.76 bits per heavy atom. The van der Waals surface area contributed by atoms with E-state index >= 15 is 0 Å². The van der Waals surface area contributed by atoms with E-state index in [2.05, 4.69) is 30.1 Å². The van der Waals surface area contributed by atoms with Crippen LogP contribution in [0.4, 0.5) is 11.4 Å². The number of hydrogen-bond acceptors (Lipinski definition) is 3. The minimum atomic E-state index is 0.844. The number of aryl methyl sites for hydroxylation is 1. The normalized spacial score (nSPS) is 15.2. The highest BCUT2D eigenvalue weighted by atomic mass is 15.2. The van der Waals surface area contributed by atoms with E-state index in [0.717, 1.165) is 37.1 Å². The van der Waals surface area contributed by atoms with Gasteiger partial charge in [-0.05, 0) is 37.9 Å². The quantitative estimate of drug-likeness (QED) is 0.742. The molecule has 0 aliphatic heterocycles. The van der Waals surface area contributed by atoms with Crippen molar-refractivity contribution in [3.05, 3.63) is 23.8 Å². The summed E-state index contributed by atoms with van der Waals surface area (Å²) < 4.78 is 0. The molecule has 0 radical (unpaired) electrons. The van der Waals surface area contributed by atoms with Gasteiger partial charge in [-0.3, -0.25) is 4.90 Å². The van der Waals surface area contributed by atoms with Crippen molar-refractivity contribution in [3.63, 3.8) is 0 Å². The van der Waals surface area contributed by atoms with Gasteiger partial charge in [0, 0.05) is 19.1 Å². The van der Waals surface area contributed by atoms with E-state index in [-0.39, 0.29) is 0 Å². The van der Waals surface area contributed by atoms with Crippen molar-refractivity contribution in [2.75, 3.05) is 30.7 Å². The van der Waals surface area contributed by atoms with Crippen LogP contribution in [0.5, 0.6) is 0 Å². The van der Waals surface area contributed by atoms with Gasteiger partial charge in [-0.1, -0.05) is 19.1 Å². The van der Waals surface area contributed by atoms with Crippen LogP contribution in [0.3, 0.4) is 0 Å². The van der Waals surface area contributed by atoms with Crippen LogP contribution < -0.4 is 11.1 Å². The van der Waals surface area contributed by atoms with Gasteiger partial charge in [0.25, 0.3) is 0 Å². The zero-order chi connectivity index (χ0) is 12.3. The summed E-state index contributed by atoms with van der Waals surface area (Å²) in [5.74, 6) is 0. The van der Waals surface area contributed by atoms with Crippen molar-refractivity contribution in [2.45, 2.75) is 32.7 Å². The van der Waals surface area contributed by atoms with Crippen molar-refractivity contribution in [1.29, 1.82) is 0 Å². The molecule has 1 aromatic rings. The Morgan fingerprint density at radius 2 is 2.18 bits per heavy atom. The Hall–Kier alpha value is -1.22. The summed E-state index contributed by atoms with van der Waals surface area (Å²) in [7, 11) is 0. The molecule has 1 aliphatic carbocycles. The Labute approximate surface area is 104 Å². The van der Waals surface area contributed by atoms with Crippen LogP contribution in [-0.2, 0) is 0 Å². The summed E-state index contributed by atoms with van der Waals surface area (Å²) in [5, 5.41) is 3.46. The molecule has 3 heteroatoms. The average molecular weight is 233 g/mol. The molecule has 0 bridgehead atoms. The van der Waals surface area contributed by atoms with Crippen LogP contribution in [0.25, 0.3) is 0 Å². The Morgan fingerprint density at radius 1 is 1.41 bits per heavy atom. The maximum atomic E-state index is 5.97. The molecule has 0 aromatic heterocycles. The summed E-state index contributed by atoms with van der Waals surface area (Å²) >= 11 is 0. The van der Waals surface area contributed by atoms with E-state index < -0.39 is 0 Å². The fourth-order valence-electron chi connectivity index (χ4n) is 2.30. The predicted octanol–water partition coefficient (Wildman–Crippen LogP) is 2.47. The van der Waals surface area contributed by atoms with Crippen LogP contribution in [0.15, 0.2) is 18.2 Å². The van der Waals surface area contributed by atoms with Crippen molar-refractivity contribution in [3.8, 4) is 0 Å². The Bertz CT molecular complexity index is 351. The number of hydrogen-bond donors (Lipinski definition) is 2. The van der Waals surface area contributed by atoms with E-state index in [0.29, 0.717) is 0 Å². The minimum Gasteiger partial charge on any atom is -0.397 e. The van der Waals surface area contributed by atoms with E-state index in [1.54, 1.807) is 0 Å². The first-order valence-electron chi connectivity index (χ1n) is 6.55. The van der Waals surface area contributed by atoms with Gasteiger partial charge in [-0.15, -0.1) is 0 Å². The number of nitrogen functional groups attached to an aromatic ring is 1. The average Bonchev–Trinajstić information content (AvgIpc) is 3.12. The second-order valence-corrected chi connectivity index (χ2v) is 4.83. The lowest BCUT2D eigenvalue weighted by molar-refractivity contribution is 0.289. The molecule has 0 amide bonds. The summed E-state index contributed by atoms with van der Waals surface area (Å²) in [6.45, 7) is 7.56. The third-order valence-electron chi connectivity index (χ3n) is 3.48. The van der Waals surface area contributed by atoms with Gasteiger partial charge in [0.15, 0.2) is 0 Å². The van der Waals surface area contributed by atoms with Gasteiger partial charge in [-0.2, -0.15) is 0 Å². The molecule has 0 heterocycles. The topological polar surface area (TPSA) is 41.3 Å². The van der Waals surface area contributed by atoms with Gasteiger partial charge >= 0.3 is 0 Å². The SMILES string of the molecule is CCN(CCNc1c(C)cccc1N)C1CC1. The maximum Gasteiger partial charge on any atom is 0.0604 e.